The van der Waals surface area contributed by atoms with Gasteiger partial charge in [0.2, 0.25) is 0 Å². The molecule has 0 aliphatic heterocycles. The Balaban J connectivity index is 0.000000252. The molecule has 74 valence electrons. The first-order valence-corrected chi connectivity index (χ1v) is 4.81. The van der Waals surface area contributed by atoms with Gasteiger partial charge in [-0.05, 0) is 27.7 Å². The van der Waals surface area contributed by atoms with E-state index in [9.17, 15) is 0 Å². The molecule has 0 unspecified atom stereocenters. The van der Waals surface area contributed by atoms with Gasteiger partial charge in [-0.2, -0.15) is 0 Å². The Bertz CT molecular complexity index is 199. The van der Waals surface area contributed by atoms with E-state index in [1.165, 1.54) is 11.1 Å². The average molecular weight is 180 g/mol. The predicted octanol–water partition coefficient (Wildman–Crippen LogP) is 3.35. The van der Waals surface area contributed by atoms with Crippen LogP contribution in [-0.2, 0) is 4.74 Å². The van der Waals surface area contributed by atoms with Crippen molar-refractivity contribution in [3.05, 3.63) is 35.4 Å². The molecule has 0 aromatic heterocycles. The third kappa shape index (κ3) is 7.54. The minimum Gasteiger partial charge on any atom is -0.382 e. The summed E-state index contributed by atoms with van der Waals surface area (Å²) < 4.78 is 4.83. The molecule has 0 N–H and O–H groups in total. The molecule has 0 aliphatic carbocycles. The molecule has 0 aliphatic rings. The predicted molar refractivity (Wildman–Crippen MR) is 58.1 cm³/mol. The number of hydrogen-bond acceptors (Lipinski definition) is 1. The molecular formula is C12H20O. The van der Waals surface area contributed by atoms with E-state index in [2.05, 4.69) is 38.1 Å². The topological polar surface area (TPSA) is 9.23 Å². The molecule has 1 nitrogen and oxygen atoms in total. The first-order chi connectivity index (χ1) is 6.20. The molecule has 0 amide bonds. The highest BCUT2D eigenvalue weighted by Crippen LogP contribution is 2.00. The summed E-state index contributed by atoms with van der Waals surface area (Å²) in [4.78, 5) is 0. The zero-order valence-corrected chi connectivity index (χ0v) is 9.13. The van der Waals surface area contributed by atoms with Gasteiger partial charge in [-0.25, -0.2) is 0 Å². The number of aryl methyl sites for hydroxylation is 2. The van der Waals surface area contributed by atoms with Crippen LogP contribution in [0.2, 0.25) is 0 Å². The first kappa shape index (κ1) is 12.2. The quantitative estimate of drug-likeness (QED) is 0.678. The van der Waals surface area contributed by atoms with Crippen LogP contribution in [0, 0.1) is 13.8 Å². The van der Waals surface area contributed by atoms with Crippen molar-refractivity contribution in [3.63, 3.8) is 0 Å². The van der Waals surface area contributed by atoms with Crippen LogP contribution in [0.5, 0.6) is 0 Å². The minimum absolute atomic E-state index is 0.844. The van der Waals surface area contributed by atoms with E-state index < -0.39 is 0 Å². The van der Waals surface area contributed by atoms with Gasteiger partial charge in [-0.3, -0.25) is 0 Å². The Morgan fingerprint density at radius 1 is 1.00 bits per heavy atom. The lowest BCUT2D eigenvalue weighted by molar-refractivity contribution is 0.162. The fourth-order valence-corrected chi connectivity index (χ4v) is 1.01. The average Bonchev–Trinajstić information content (AvgIpc) is 2.06. The number of ether oxygens (including phenoxy) is 1. The summed E-state index contributed by atoms with van der Waals surface area (Å²) in [5.74, 6) is 0. The summed E-state index contributed by atoms with van der Waals surface area (Å²) in [7, 11) is 0. The van der Waals surface area contributed by atoms with Crippen LogP contribution in [0.3, 0.4) is 0 Å². The van der Waals surface area contributed by atoms with E-state index in [1.807, 2.05) is 13.8 Å². The van der Waals surface area contributed by atoms with Gasteiger partial charge in [-0.1, -0.05) is 35.4 Å². The van der Waals surface area contributed by atoms with Crippen molar-refractivity contribution in [2.24, 2.45) is 0 Å². The minimum atomic E-state index is 0.844. The largest absolute Gasteiger partial charge is 0.382 e. The zero-order chi connectivity index (χ0) is 10.1. The molecule has 1 rings (SSSR count). The molecule has 0 radical (unpaired) electrons. The van der Waals surface area contributed by atoms with Gasteiger partial charge in [0, 0.05) is 13.2 Å². The maximum atomic E-state index is 4.83. The Kier molecular flexibility index (Phi) is 7.32. The van der Waals surface area contributed by atoms with Gasteiger partial charge < -0.3 is 4.74 Å². The molecule has 0 saturated heterocycles. The summed E-state index contributed by atoms with van der Waals surface area (Å²) in [6.07, 6.45) is 0. The molecule has 1 aromatic carbocycles. The monoisotopic (exact) mass is 180 g/mol. The van der Waals surface area contributed by atoms with Crippen LogP contribution in [0.15, 0.2) is 24.3 Å². The highest BCUT2D eigenvalue weighted by atomic mass is 16.5. The lowest BCUT2D eigenvalue weighted by atomic mass is 10.2. The molecular weight excluding hydrogens is 160 g/mol. The summed E-state index contributed by atoms with van der Waals surface area (Å²) in [6.45, 7) is 9.87. The van der Waals surface area contributed by atoms with Crippen molar-refractivity contribution in [2.45, 2.75) is 27.7 Å². The van der Waals surface area contributed by atoms with Crippen LogP contribution < -0.4 is 0 Å². The van der Waals surface area contributed by atoms with Crippen molar-refractivity contribution < 1.29 is 4.74 Å². The summed E-state index contributed by atoms with van der Waals surface area (Å²) in [5, 5.41) is 0. The van der Waals surface area contributed by atoms with Crippen LogP contribution >= 0.6 is 0 Å². The Labute approximate surface area is 81.7 Å². The SMILES string of the molecule is CCOCC.Cc1cccc(C)c1. The van der Waals surface area contributed by atoms with E-state index >= 15 is 0 Å². The summed E-state index contributed by atoms with van der Waals surface area (Å²) in [6, 6.07) is 8.45. The molecule has 0 saturated carbocycles. The fourth-order valence-electron chi connectivity index (χ4n) is 1.01. The van der Waals surface area contributed by atoms with Crippen molar-refractivity contribution in [2.75, 3.05) is 13.2 Å². The van der Waals surface area contributed by atoms with Gasteiger partial charge in [0.1, 0.15) is 0 Å². The van der Waals surface area contributed by atoms with Gasteiger partial charge in [0.15, 0.2) is 0 Å². The molecule has 0 bridgehead atoms. The van der Waals surface area contributed by atoms with Crippen molar-refractivity contribution in [1.29, 1.82) is 0 Å². The highest BCUT2D eigenvalue weighted by Gasteiger charge is 1.80. The standard InChI is InChI=1S/C8H10.C4H10O/c1-7-4-3-5-8(2)6-7;1-3-5-4-2/h3-6H,1-2H3;3-4H2,1-2H3. The summed E-state index contributed by atoms with van der Waals surface area (Å²) in [5.41, 5.74) is 2.68. The summed E-state index contributed by atoms with van der Waals surface area (Å²) >= 11 is 0. The Morgan fingerprint density at radius 2 is 1.46 bits per heavy atom. The molecule has 0 atom stereocenters. The molecule has 0 fully saturated rings. The Hall–Kier alpha value is -0.820. The maximum Gasteiger partial charge on any atom is 0.0437 e. The van der Waals surface area contributed by atoms with Gasteiger partial charge in [-0.15, -0.1) is 0 Å². The number of rotatable bonds is 2. The van der Waals surface area contributed by atoms with Crippen molar-refractivity contribution >= 4 is 0 Å². The van der Waals surface area contributed by atoms with Gasteiger partial charge in [0.25, 0.3) is 0 Å². The zero-order valence-electron chi connectivity index (χ0n) is 9.13. The second kappa shape index (κ2) is 7.81. The van der Waals surface area contributed by atoms with Crippen LogP contribution in [0.4, 0.5) is 0 Å². The lowest BCUT2D eigenvalue weighted by Gasteiger charge is -1.90. The van der Waals surface area contributed by atoms with Gasteiger partial charge >= 0.3 is 0 Å². The van der Waals surface area contributed by atoms with Crippen molar-refractivity contribution in [3.8, 4) is 0 Å². The smallest absolute Gasteiger partial charge is 0.0437 e. The van der Waals surface area contributed by atoms with E-state index in [1.54, 1.807) is 0 Å². The third-order valence-corrected chi connectivity index (χ3v) is 1.58. The highest BCUT2D eigenvalue weighted by molar-refractivity contribution is 5.20. The normalized spacial score (nSPS) is 8.92. The van der Waals surface area contributed by atoms with Crippen LogP contribution in [-0.4, -0.2) is 13.2 Å². The molecule has 13 heavy (non-hydrogen) atoms. The van der Waals surface area contributed by atoms with E-state index in [4.69, 9.17) is 4.74 Å². The molecule has 1 aromatic rings. The number of benzene rings is 1. The second-order valence-electron chi connectivity index (χ2n) is 2.94. The first-order valence-electron chi connectivity index (χ1n) is 4.81. The van der Waals surface area contributed by atoms with E-state index in [0.29, 0.717) is 0 Å². The maximum absolute atomic E-state index is 4.83. The second-order valence-corrected chi connectivity index (χ2v) is 2.94. The Morgan fingerprint density at radius 3 is 1.62 bits per heavy atom. The van der Waals surface area contributed by atoms with Gasteiger partial charge in [0.05, 0.1) is 0 Å². The molecule has 0 heterocycles. The lowest BCUT2D eigenvalue weighted by Crippen LogP contribution is -1.84. The van der Waals surface area contributed by atoms with Crippen molar-refractivity contribution in [1.82, 2.24) is 0 Å². The van der Waals surface area contributed by atoms with E-state index in [0.717, 1.165) is 13.2 Å². The fraction of sp³-hybridized carbons (Fsp3) is 0.500. The van der Waals surface area contributed by atoms with Crippen LogP contribution in [0.25, 0.3) is 0 Å². The number of hydrogen-bond donors (Lipinski definition) is 0. The van der Waals surface area contributed by atoms with Crippen LogP contribution in [0.1, 0.15) is 25.0 Å². The molecule has 0 spiro atoms. The third-order valence-electron chi connectivity index (χ3n) is 1.58. The van der Waals surface area contributed by atoms with E-state index in [-0.39, 0.29) is 0 Å². The molecule has 1 heteroatoms.